The van der Waals surface area contributed by atoms with E-state index in [1.54, 1.807) is 0 Å². The van der Waals surface area contributed by atoms with Gasteiger partial charge in [-0.05, 0) is 73.1 Å². The van der Waals surface area contributed by atoms with E-state index in [-0.39, 0.29) is 13.2 Å². The molecule has 50 heavy (non-hydrogen) atoms. The van der Waals surface area contributed by atoms with Crippen molar-refractivity contribution in [3.05, 3.63) is 178 Å². The van der Waals surface area contributed by atoms with Crippen LogP contribution in [0.3, 0.4) is 0 Å². The molecule has 0 unspecified atom stereocenters. The summed E-state index contributed by atoms with van der Waals surface area (Å²) < 4.78 is 13.9. The number of aliphatic hydroxyl groups is 2. The standard InChI is InChI=1S/C46H36O4/c47-27-33-16-12-31(13-17-33)20-22-39-25-37-8-1-3-10-41(37)43-44-42-11-4-2-9-38(42)26-40(23-21-32-14-18-34(28-48)19-15-32)46(44)50-30-36-7-5-6-35(24-36)29-49-45(39)43/h1-26,47-48H,27-30H2/b22-20-,23-21-. The van der Waals surface area contributed by atoms with Gasteiger partial charge in [-0.25, -0.2) is 0 Å². The van der Waals surface area contributed by atoms with Crippen molar-refractivity contribution in [1.82, 2.24) is 0 Å². The van der Waals surface area contributed by atoms with Gasteiger partial charge in [0.1, 0.15) is 24.7 Å². The highest BCUT2D eigenvalue weighted by atomic mass is 16.5. The van der Waals surface area contributed by atoms with E-state index in [1.807, 2.05) is 48.5 Å². The van der Waals surface area contributed by atoms with Crippen LogP contribution < -0.4 is 9.47 Å². The van der Waals surface area contributed by atoms with E-state index in [2.05, 4.69) is 109 Å². The molecule has 0 fully saturated rings. The topological polar surface area (TPSA) is 58.9 Å². The molecule has 8 rings (SSSR count). The maximum absolute atomic E-state index is 9.56. The zero-order chi connectivity index (χ0) is 33.9. The number of hydrogen-bond donors (Lipinski definition) is 2. The Morgan fingerprint density at radius 3 is 1.34 bits per heavy atom. The summed E-state index contributed by atoms with van der Waals surface area (Å²) in [6.45, 7) is 0.837. The van der Waals surface area contributed by atoms with E-state index in [9.17, 15) is 10.2 Å². The quantitative estimate of drug-likeness (QED) is 0.176. The van der Waals surface area contributed by atoms with E-state index < -0.39 is 0 Å². The third-order valence-electron chi connectivity index (χ3n) is 9.30. The zero-order valence-corrected chi connectivity index (χ0v) is 27.6. The van der Waals surface area contributed by atoms with Crippen LogP contribution in [-0.2, 0) is 26.4 Å². The first kappa shape index (κ1) is 31.3. The first-order valence-corrected chi connectivity index (χ1v) is 16.9. The molecule has 4 heteroatoms. The molecule has 0 saturated heterocycles. The van der Waals surface area contributed by atoms with Crippen LogP contribution in [-0.4, -0.2) is 10.2 Å². The van der Waals surface area contributed by atoms with Crippen molar-refractivity contribution in [2.24, 2.45) is 0 Å². The highest BCUT2D eigenvalue weighted by Crippen LogP contribution is 2.50. The lowest BCUT2D eigenvalue weighted by Crippen LogP contribution is -2.01. The van der Waals surface area contributed by atoms with Crippen LogP contribution in [0.5, 0.6) is 11.5 Å². The molecule has 0 saturated carbocycles. The molecule has 1 heterocycles. The smallest absolute Gasteiger partial charge is 0.135 e. The summed E-state index contributed by atoms with van der Waals surface area (Å²) in [6, 6.07) is 45.6. The SMILES string of the molecule is OCc1ccc(/C=C\c2cc3ccccc3c3c2OCc2cccc(c2)COc2c(/C=C\c4ccc(CO)cc4)cc4ccccc4c2-3)cc1. The second-order valence-electron chi connectivity index (χ2n) is 12.6. The first-order chi connectivity index (χ1) is 24.7. The van der Waals surface area contributed by atoms with Gasteiger partial charge < -0.3 is 19.7 Å². The highest BCUT2D eigenvalue weighted by Gasteiger charge is 2.24. The number of benzene rings is 7. The molecule has 7 aromatic carbocycles. The Kier molecular flexibility index (Phi) is 8.70. The van der Waals surface area contributed by atoms with Crippen LogP contribution in [0.2, 0.25) is 0 Å². The molecule has 0 aromatic heterocycles. The van der Waals surface area contributed by atoms with E-state index in [1.165, 1.54) is 0 Å². The second kappa shape index (κ2) is 13.9. The first-order valence-electron chi connectivity index (χ1n) is 16.9. The Bertz CT molecular complexity index is 2220. The summed E-state index contributed by atoms with van der Waals surface area (Å²) in [4.78, 5) is 0. The van der Waals surface area contributed by atoms with Crippen molar-refractivity contribution in [3.63, 3.8) is 0 Å². The predicted molar refractivity (Wildman–Crippen MR) is 205 cm³/mol. The fraction of sp³-hybridized carbons (Fsp3) is 0.0870. The van der Waals surface area contributed by atoms with E-state index >= 15 is 0 Å². The van der Waals surface area contributed by atoms with Gasteiger partial charge >= 0.3 is 0 Å². The molecular weight excluding hydrogens is 617 g/mol. The minimum absolute atomic E-state index is 0.0137. The Morgan fingerprint density at radius 2 is 0.900 bits per heavy atom. The van der Waals surface area contributed by atoms with Gasteiger partial charge in [0.05, 0.1) is 13.2 Å². The minimum atomic E-state index is 0.0137. The Morgan fingerprint density at radius 1 is 0.460 bits per heavy atom. The minimum Gasteiger partial charge on any atom is -0.488 e. The third-order valence-corrected chi connectivity index (χ3v) is 9.30. The molecule has 0 radical (unpaired) electrons. The number of ether oxygens (including phenoxy) is 2. The molecular formula is C46H36O4. The number of fused-ring (bicyclic) bond motifs is 9. The van der Waals surface area contributed by atoms with Gasteiger partial charge in [-0.2, -0.15) is 0 Å². The van der Waals surface area contributed by atoms with Crippen molar-refractivity contribution < 1.29 is 19.7 Å². The molecule has 0 atom stereocenters. The summed E-state index contributed by atoms with van der Waals surface area (Å²) in [5.74, 6) is 1.57. The number of aliphatic hydroxyl groups excluding tert-OH is 2. The molecule has 0 spiro atoms. The van der Waals surface area contributed by atoms with Gasteiger partial charge in [-0.3, -0.25) is 0 Å². The molecule has 7 aromatic rings. The molecule has 0 aliphatic carbocycles. The van der Waals surface area contributed by atoms with Crippen LogP contribution in [0.25, 0.3) is 57.0 Å². The van der Waals surface area contributed by atoms with E-state index in [4.69, 9.17) is 9.47 Å². The lowest BCUT2D eigenvalue weighted by atomic mass is 9.88. The normalized spacial score (nSPS) is 12.8. The van der Waals surface area contributed by atoms with Gasteiger partial charge in [0.25, 0.3) is 0 Å². The fourth-order valence-electron chi connectivity index (χ4n) is 6.72. The van der Waals surface area contributed by atoms with Crippen molar-refractivity contribution in [2.45, 2.75) is 26.4 Å². The van der Waals surface area contributed by atoms with Crippen molar-refractivity contribution in [3.8, 4) is 22.6 Å². The Hall–Kier alpha value is -5.94. The Balaban J connectivity index is 1.41. The average molecular weight is 653 g/mol. The molecule has 4 nitrogen and oxygen atoms in total. The van der Waals surface area contributed by atoms with Gasteiger partial charge in [0, 0.05) is 22.3 Å². The van der Waals surface area contributed by atoms with Crippen LogP contribution >= 0.6 is 0 Å². The summed E-state index contributed by atoms with van der Waals surface area (Å²) in [5.41, 5.74) is 9.85. The maximum atomic E-state index is 9.56. The predicted octanol–water partition coefficient (Wildman–Crippen LogP) is 10.5. The summed E-state index contributed by atoms with van der Waals surface area (Å²) >= 11 is 0. The van der Waals surface area contributed by atoms with Crippen LogP contribution in [0.15, 0.2) is 133 Å². The van der Waals surface area contributed by atoms with Gasteiger partial charge in [-0.15, -0.1) is 0 Å². The average Bonchev–Trinajstić information content (AvgIpc) is 3.19. The van der Waals surface area contributed by atoms with Crippen molar-refractivity contribution in [2.75, 3.05) is 0 Å². The van der Waals surface area contributed by atoms with Crippen LogP contribution in [0.4, 0.5) is 0 Å². The summed E-state index contributed by atoms with van der Waals surface area (Å²) in [5, 5.41) is 23.5. The van der Waals surface area contributed by atoms with Crippen molar-refractivity contribution in [1.29, 1.82) is 0 Å². The monoisotopic (exact) mass is 652 g/mol. The van der Waals surface area contributed by atoms with Crippen LogP contribution in [0.1, 0.15) is 44.5 Å². The molecule has 1 aliphatic rings. The highest BCUT2D eigenvalue weighted by molar-refractivity contribution is 6.12. The molecule has 2 N–H and O–H groups in total. The molecule has 244 valence electrons. The van der Waals surface area contributed by atoms with Gasteiger partial charge in [-0.1, -0.05) is 140 Å². The Labute approximate surface area is 291 Å². The van der Waals surface area contributed by atoms with E-state index in [0.29, 0.717) is 13.2 Å². The van der Waals surface area contributed by atoms with Gasteiger partial charge in [0.15, 0.2) is 0 Å². The lowest BCUT2D eigenvalue weighted by molar-refractivity contribution is 0.281. The number of rotatable bonds is 6. The maximum Gasteiger partial charge on any atom is 0.135 e. The largest absolute Gasteiger partial charge is 0.488 e. The van der Waals surface area contributed by atoms with Crippen LogP contribution in [0, 0.1) is 0 Å². The zero-order valence-electron chi connectivity index (χ0n) is 27.6. The number of hydrogen-bond acceptors (Lipinski definition) is 4. The lowest BCUT2D eigenvalue weighted by Gasteiger charge is -2.22. The molecule has 2 bridgehead atoms. The van der Waals surface area contributed by atoms with E-state index in [0.717, 1.165) is 88.7 Å². The summed E-state index contributed by atoms with van der Waals surface area (Å²) in [7, 11) is 0. The summed E-state index contributed by atoms with van der Waals surface area (Å²) in [6.07, 6.45) is 8.43. The van der Waals surface area contributed by atoms with Crippen molar-refractivity contribution >= 4 is 45.8 Å². The second-order valence-corrected chi connectivity index (χ2v) is 12.6. The third kappa shape index (κ3) is 6.30. The molecule has 1 aliphatic heterocycles. The molecule has 0 amide bonds. The fourth-order valence-corrected chi connectivity index (χ4v) is 6.72. The van der Waals surface area contributed by atoms with Gasteiger partial charge in [0.2, 0.25) is 0 Å².